The molecule has 156 valence electrons. The average Bonchev–Trinajstić information content (AvgIpc) is 2.73. The first-order chi connectivity index (χ1) is 14.4. The Hall–Kier alpha value is -3.25. The summed E-state index contributed by atoms with van der Waals surface area (Å²) in [7, 11) is 0. The molecular formula is C24H21F3O3. The summed E-state index contributed by atoms with van der Waals surface area (Å²) in [6, 6.07) is 13.8. The van der Waals surface area contributed by atoms with Gasteiger partial charge < -0.3 is 14.6 Å². The Morgan fingerprint density at radius 3 is 2.33 bits per heavy atom. The van der Waals surface area contributed by atoms with Crippen LogP contribution in [0.1, 0.15) is 24.2 Å². The summed E-state index contributed by atoms with van der Waals surface area (Å²) in [5.74, 6) is -2.24. The third kappa shape index (κ3) is 4.83. The van der Waals surface area contributed by atoms with E-state index < -0.39 is 23.6 Å². The summed E-state index contributed by atoms with van der Waals surface area (Å²) < 4.78 is 53.2. The van der Waals surface area contributed by atoms with E-state index in [1.807, 2.05) is 0 Å². The molecular weight excluding hydrogens is 393 g/mol. The molecule has 1 unspecified atom stereocenters. The van der Waals surface area contributed by atoms with Crippen molar-refractivity contribution in [2.75, 3.05) is 6.61 Å². The van der Waals surface area contributed by atoms with Gasteiger partial charge in [0.1, 0.15) is 24.8 Å². The standard InChI is InChI=1S/C24H21F3O3/c1-3-12-29-22-11-10-20(23(26)24(22)27)17-5-7-18(8-6-17)30-14-16-4-9-19(15(2)28)21(25)13-16/h3-11,13,15,28H,1,12,14H2,2H3. The molecule has 0 saturated carbocycles. The van der Waals surface area contributed by atoms with Gasteiger partial charge in [-0.1, -0.05) is 36.9 Å². The van der Waals surface area contributed by atoms with Gasteiger partial charge in [0, 0.05) is 11.1 Å². The molecule has 1 atom stereocenters. The molecule has 0 fully saturated rings. The number of aliphatic hydroxyl groups is 1. The Kier molecular flexibility index (Phi) is 6.79. The zero-order chi connectivity index (χ0) is 21.7. The van der Waals surface area contributed by atoms with Crippen LogP contribution in [0.2, 0.25) is 0 Å². The van der Waals surface area contributed by atoms with Gasteiger partial charge >= 0.3 is 0 Å². The van der Waals surface area contributed by atoms with Gasteiger partial charge in [-0.05, 0) is 48.4 Å². The molecule has 0 aliphatic carbocycles. The van der Waals surface area contributed by atoms with E-state index in [1.165, 1.54) is 37.3 Å². The minimum Gasteiger partial charge on any atom is -0.489 e. The number of ether oxygens (including phenoxy) is 2. The monoisotopic (exact) mass is 414 g/mol. The summed E-state index contributed by atoms with van der Waals surface area (Å²) in [4.78, 5) is 0. The second-order valence-electron chi connectivity index (χ2n) is 6.68. The number of rotatable bonds is 8. The quantitative estimate of drug-likeness (QED) is 0.462. The normalized spacial score (nSPS) is 11.8. The molecule has 3 nitrogen and oxygen atoms in total. The van der Waals surface area contributed by atoms with Crippen LogP contribution in [0.5, 0.6) is 11.5 Å². The van der Waals surface area contributed by atoms with Crippen LogP contribution in [0.3, 0.4) is 0 Å². The van der Waals surface area contributed by atoms with Crippen molar-refractivity contribution in [3.05, 3.63) is 95.8 Å². The summed E-state index contributed by atoms with van der Waals surface area (Å²) >= 11 is 0. The summed E-state index contributed by atoms with van der Waals surface area (Å²) in [5, 5.41) is 9.48. The number of hydrogen-bond donors (Lipinski definition) is 1. The Morgan fingerprint density at radius 2 is 1.70 bits per heavy atom. The number of hydrogen-bond acceptors (Lipinski definition) is 3. The van der Waals surface area contributed by atoms with Crippen molar-refractivity contribution in [2.45, 2.75) is 19.6 Å². The molecule has 0 aromatic heterocycles. The fourth-order valence-electron chi connectivity index (χ4n) is 2.91. The molecule has 0 aliphatic heterocycles. The number of benzene rings is 3. The highest BCUT2D eigenvalue weighted by Gasteiger charge is 2.16. The van der Waals surface area contributed by atoms with Crippen LogP contribution in [0, 0.1) is 17.5 Å². The lowest BCUT2D eigenvalue weighted by Crippen LogP contribution is -2.00. The molecule has 0 aliphatic rings. The molecule has 6 heteroatoms. The highest BCUT2D eigenvalue weighted by Crippen LogP contribution is 2.31. The van der Waals surface area contributed by atoms with Crippen molar-refractivity contribution in [2.24, 2.45) is 0 Å². The third-order valence-electron chi connectivity index (χ3n) is 4.49. The van der Waals surface area contributed by atoms with Crippen molar-refractivity contribution in [1.29, 1.82) is 0 Å². The number of halogens is 3. The Balaban J connectivity index is 1.70. The van der Waals surface area contributed by atoms with Crippen molar-refractivity contribution >= 4 is 0 Å². The first kappa shape index (κ1) is 21.5. The maximum absolute atomic E-state index is 14.4. The van der Waals surface area contributed by atoms with Crippen LogP contribution >= 0.6 is 0 Å². The predicted octanol–water partition coefficient (Wildman–Crippen LogP) is 5.97. The van der Waals surface area contributed by atoms with Crippen LogP contribution in [0.4, 0.5) is 13.2 Å². The van der Waals surface area contributed by atoms with Crippen LogP contribution < -0.4 is 9.47 Å². The summed E-state index contributed by atoms with van der Waals surface area (Å²) in [6.07, 6.45) is 0.556. The van der Waals surface area contributed by atoms with Gasteiger partial charge in [-0.2, -0.15) is 4.39 Å². The second-order valence-corrected chi connectivity index (χ2v) is 6.68. The maximum atomic E-state index is 14.4. The van der Waals surface area contributed by atoms with Crippen molar-refractivity contribution in [3.8, 4) is 22.6 Å². The van der Waals surface area contributed by atoms with E-state index in [-0.39, 0.29) is 30.1 Å². The fourth-order valence-corrected chi connectivity index (χ4v) is 2.91. The molecule has 0 heterocycles. The molecule has 0 saturated heterocycles. The van der Waals surface area contributed by atoms with Gasteiger partial charge in [0.25, 0.3) is 0 Å². The van der Waals surface area contributed by atoms with Crippen LogP contribution in [0.25, 0.3) is 11.1 Å². The van der Waals surface area contributed by atoms with E-state index in [1.54, 1.807) is 30.3 Å². The van der Waals surface area contributed by atoms with E-state index in [2.05, 4.69) is 6.58 Å². The average molecular weight is 414 g/mol. The topological polar surface area (TPSA) is 38.7 Å². The molecule has 0 amide bonds. The fraction of sp³-hybridized carbons (Fsp3) is 0.167. The largest absolute Gasteiger partial charge is 0.489 e. The van der Waals surface area contributed by atoms with Crippen LogP contribution in [0.15, 0.2) is 67.3 Å². The van der Waals surface area contributed by atoms with E-state index in [9.17, 15) is 18.3 Å². The Morgan fingerprint density at radius 1 is 0.967 bits per heavy atom. The SMILES string of the molecule is C=CCOc1ccc(-c2ccc(OCc3ccc(C(C)O)c(F)c3)cc2)c(F)c1F. The van der Waals surface area contributed by atoms with E-state index in [0.29, 0.717) is 16.9 Å². The van der Waals surface area contributed by atoms with Crippen molar-refractivity contribution in [3.63, 3.8) is 0 Å². The van der Waals surface area contributed by atoms with Crippen LogP contribution in [-0.2, 0) is 6.61 Å². The first-order valence-electron chi connectivity index (χ1n) is 9.32. The van der Waals surface area contributed by atoms with E-state index in [4.69, 9.17) is 9.47 Å². The lowest BCUT2D eigenvalue weighted by Gasteiger charge is -2.11. The molecule has 3 aromatic rings. The second kappa shape index (κ2) is 9.50. The first-order valence-corrected chi connectivity index (χ1v) is 9.32. The zero-order valence-corrected chi connectivity index (χ0v) is 16.4. The van der Waals surface area contributed by atoms with Gasteiger partial charge in [0.05, 0.1) is 6.10 Å². The van der Waals surface area contributed by atoms with Crippen molar-refractivity contribution in [1.82, 2.24) is 0 Å². The molecule has 0 spiro atoms. The number of aliphatic hydroxyl groups excluding tert-OH is 1. The highest BCUT2D eigenvalue weighted by atomic mass is 19.2. The molecule has 1 N–H and O–H groups in total. The lowest BCUT2D eigenvalue weighted by molar-refractivity contribution is 0.194. The molecule has 3 rings (SSSR count). The smallest absolute Gasteiger partial charge is 0.201 e. The summed E-state index contributed by atoms with van der Waals surface area (Å²) in [6.45, 7) is 5.16. The van der Waals surface area contributed by atoms with Crippen molar-refractivity contribution < 1.29 is 27.8 Å². The van der Waals surface area contributed by atoms with E-state index in [0.717, 1.165) is 0 Å². The maximum Gasteiger partial charge on any atom is 0.201 e. The van der Waals surface area contributed by atoms with Gasteiger partial charge in [0.2, 0.25) is 5.82 Å². The molecule has 0 bridgehead atoms. The minimum atomic E-state index is -1.06. The van der Waals surface area contributed by atoms with Crippen LogP contribution in [-0.4, -0.2) is 11.7 Å². The third-order valence-corrected chi connectivity index (χ3v) is 4.49. The lowest BCUT2D eigenvalue weighted by atomic mass is 10.0. The Bertz CT molecular complexity index is 1030. The molecule has 3 aromatic carbocycles. The van der Waals surface area contributed by atoms with Gasteiger partial charge in [-0.25, -0.2) is 8.78 Å². The minimum absolute atomic E-state index is 0.0768. The summed E-state index contributed by atoms with van der Waals surface area (Å²) in [5.41, 5.74) is 1.39. The molecule has 0 radical (unpaired) electrons. The van der Waals surface area contributed by atoms with Gasteiger partial charge in [-0.3, -0.25) is 0 Å². The van der Waals surface area contributed by atoms with E-state index >= 15 is 0 Å². The molecule has 30 heavy (non-hydrogen) atoms. The highest BCUT2D eigenvalue weighted by molar-refractivity contribution is 5.66. The van der Waals surface area contributed by atoms with Gasteiger partial charge in [0.15, 0.2) is 11.6 Å². The zero-order valence-electron chi connectivity index (χ0n) is 16.4. The predicted molar refractivity (Wildman–Crippen MR) is 109 cm³/mol. The van der Waals surface area contributed by atoms with Gasteiger partial charge in [-0.15, -0.1) is 0 Å². The Labute approximate surface area is 173 Å².